The Morgan fingerprint density at radius 3 is 2.46 bits per heavy atom. The number of anilines is 1. The molecule has 26 heavy (non-hydrogen) atoms. The van der Waals surface area contributed by atoms with Gasteiger partial charge in [-0.1, -0.05) is 12.5 Å². The molecule has 2 aromatic rings. The monoisotopic (exact) mass is 378 g/mol. The minimum absolute atomic E-state index is 0.469. The normalized spacial score (nSPS) is 21.2. The Hall–Kier alpha value is -1.64. The largest absolute Gasteiger partial charge is 0.423 e. The lowest BCUT2D eigenvalue weighted by atomic mass is 10.2. The SMILES string of the molecule is Cc1ccc2oc(N3CCCN(S(=O)(=O)N4CCCCC4)CC3)nc2c1. The highest BCUT2D eigenvalue weighted by Crippen LogP contribution is 2.25. The second kappa shape index (κ2) is 7.17. The molecule has 2 saturated heterocycles. The van der Waals surface area contributed by atoms with Gasteiger partial charge in [0.15, 0.2) is 5.58 Å². The number of nitrogens with zero attached hydrogens (tertiary/aromatic N) is 4. The van der Waals surface area contributed by atoms with Gasteiger partial charge in [0.05, 0.1) is 0 Å². The Morgan fingerprint density at radius 1 is 0.923 bits per heavy atom. The number of hydrogen-bond donors (Lipinski definition) is 0. The third kappa shape index (κ3) is 3.45. The predicted octanol–water partition coefficient (Wildman–Crippen LogP) is 2.38. The van der Waals surface area contributed by atoms with Gasteiger partial charge in [-0.15, -0.1) is 0 Å². The van der Waals surface area contributed by atoms with E-state index >= 15 is 0 Å². The Kier molecular flexibility index (Phi) is 4.90. The lowest BCUT2D eigenvalue weighted by Gasteiger charge is -2.31. The molecule has 0 saturated carbocycles. The van der Waals surface area contributed by atoms with Crippen molar-refractivity contribution in [1.82, 2.24) is 13.6 Å². The minimum Gasteiger partial charge on any atom is -0.423 e. The van der Waals surface area contributed by atoms with Gasteiger partial charge in [0.25, 0.3) is 16.2 Å². The van der Waals surface area contributed by atoms with Crippen molar-refractivity contribution in [2.24, 2.45) is 0 Å². The molecule has 0 amide bonds. The summed E-state index contributed by atoms with van der Waals surface area (Å²) in [5, 5.41) is 0. The van der Waals surface area contributed by atoms with Crippen LogP contribution >= 0.6 is 0 Å². The van der Waals surface area contributed by atoms with Crippen LogP contribution in [0.25, 0.3) is 11.1 Å². The topological polar surface area (TPSA) is 69.9 Å². The lowest BCUT2D eigenvalue weighted by Crippen LogP contribution is -2.47. The number of benzene rings is 1. The smallest absolute Gasteiger partial charge is 0.298 e. The first-order valence-corrected chi connectivity index (χ1v) is 10.8. The van der Waals surface area contributed by atoms with Crippen LogP contribution in [0, 0.1) is 6.92 Å². The number of rotatable bonds is 3. The molecule has 8 heteroatoms. The molecule has 0 unspecified atom stereocenters. The highest BCUT2D eigenvalue weighted by molar-refractivity contribution is 7.86. The molecule has 0 bridgehead atoms. The Morgan fingerprint density at radius 2 is 1.65 bits per heavy atom. The van der Waals surface area contributed by atoms with Crippen LogP contribution in [0.3, 0.4) is 0 Å². The lowest BCUT2D eigenvalue weighted by molar-refractivity contribution is 0.307. The summed E-state index contributed by atoms with van der Waals surface area (Å²) in [6.07, 6.45) is 3.81. The van der Waals surface area contributed by atoms with Gasteiger partial charge in [0.2, 0.25) is 0 Å². The van der Waals surface area contributed by atoms with Gasteiger partial charge < -0.3 is 9.32 Å². The first kappa shape index (κ1) is 17.8. The average molecular weight is 378 g/mol. The molecule has 142 valence electrons. The van der Waals surface area contributed by atoms with Crippen molar-refractivity contribution < 1.29 is 12.8 Å². The molecule has 1 aromatic heterocycles. The zero-order chi connectivity index (χ0) is 18.1. The Bertz CT molecular complexity index is 874. The van der Waals surface area contributed by atoms with E-state index in [2.05, 4.69) is 9.88 Å². The number of fused-ring (bicyclic) bond motifs is 1. The van der Waals surface area contributed by atoms with Gasteiger partial charge >= 0.3 is 0 Å². The molecule has 3 heterocycles. The summed E-state index contributed by atoms with van der Waals surface area (Å²) in [5.74, 6) is 0. The highest BCUT2D eigenvalue weighted by Gasteiger charge is 2.32. The maximum absolute atomic E-state index is 12.9. The van der Waals surface area contributed by atoms with Crippen LogP contribution in [0.1, 0.15) is 31.2 Å². The molecule has 2 aliphatic heterocycles. The minimum atomic E-state index is -3.36. The average Bonchev–Trinajstić information content (AvgIpc) is 2.89. The van der Waals surface area contributed by atoms with Crippen molar-refractivity contribution in [2.75, 3.05) is 44.2 Å². The number of aromatic nitrogens is 1. The van der Waals surface area contributed by atoms with E-state index in [0.29, 0.717) is 38.7 Å². The van der Waals surface area contributed by atoms with E-state index in [1.807, 2.05) is 25.1 Å². The molecule has 0 atom stereocenters. The number of aryl methyl sites for hydroxylation is 1. The van der Waals surface area contributed by atoms with Gasteiger partial charge in [-0.2, -0.15) is 22.0 Å². The summed E-state index contributed by atoms with van der Waals surface area (Å²) in [5.41, 5.74) is 2.77. The third-order valence-corrected chi connectivity index (χ3v) is 7.26. The second-order valence-electron chi connectivity index (χ2n) is 7.17. The number of oxazole rings is 1. The molecule has 2 aliphatic rings. The van der Waals surface area contributed by atoms with E-state index in [0.717, 1.165) is 48.9 Å². The Balaban J connectivity index is 1.48. The fourth-order valence-electron chi connectivity index (χ4n) is 3.74. The molecule has 0 aliphatic carbocycles. The fraction of sp³-hybridized carbons (Fsp3) is 0.611. The zero-order valence-electron chi connectivity index (χ0n) is 15.2. The van der Waals surface area contributed by atoms with Crippen LogP contribution < -0.4 is 4.90 Å². The van der Waals surface area contributed by atoms with Gasteiger partial charge in [-0.3, -0.25) is 0 Å². The number of hydrogen-bond acceptors (Lipinski definition) is 5. The third-order valence-electron chi connectivity index (χ3n) is 5.22. The zero-order valence-corrected chi connectivity index (χ0v) is 16.0. The van der Waals surface area contributed by atoms with Crippen LogP contribution in [0.4, 0.5) is 6.01 Å². The molecular formula is C18H26N4O3S. The van der Waals surface area contributed by atoms with Gasteiger partial charge in [0.1, 0.15) is 5.52 Å². The van der Waals surface area contributed by atoms with Gasteiger partial charge in [0, 0.05) is 39.3 Å². The van der Waals surface area contributed by atoms with Crippen LogP contribution in [0.15, 0.2) is 22.6 Å². The Labute approximate surface area is 154 Å². The summed E-state index contributed by atoms with van der Waals surface area (Å²) < 4.78 is 35.0. The van der Waals surface area contributed by atoms with E-state index in [9.17, 15) is 8.42 Å². The first-order chi connectivity index (χ1) is 12.5. The molecule has 0 spiro atoms. The van der Waals surface area contributed by atoms with Crippen LogP contribution in [-0.2, 0) is 10.2 Å². The summed E-state index contributed by atoms with van der Waals surface area (Å²) in [7, 11) is -3.36. The van der Waals surface area contributed by atoms with Crippen LogP contribution in [0.5, 0.6) is 0 Å². The summed E-state index contributed by atoms with van der Waals surface area (Å²) in [6, 6.07) is 6.54. The van der Waals surface area contributed by atoms with Crippen molar-refractivity contribution in [1.29, 1.82) is 0 Å². The van der Waals surface area contributed by atoms with E-state index in [1.165, 1.54) is 0 Å². The predicted molar refractivity (Wildman–Crippen MR) is 101 cm³/mol. The molecule has 7 nitrogen and oxygen atoms in total. The van der Waals surface area contributed by atoms with Crippen molar-refractivity contribution >= 4 is 27.3 Å². The van der Waals surface area contributed by atoms with Crippen molar-refractivity contribution in [2.45, 2.75) is 32.6 Å². The summed E-state index contributed by atoms with van der Waals surface area (Å²) in [4.78, 5) is 6.65. The second-order valence-corrected chi connectivity index (χ2v) is 9.10. The number of piperidine rings is 1. The van der Waals surface area contributed by atoms with Crippen LogP contribution in [-0.4, -0.2) is 61.3 Å². The van der Waals surface area contributed by atoms with E-state index < -0.39 is 10.2 Å². The molecule has 1 aromatic carbocycles. The fourth-order valence-corrected chi connectivity index (χ4v) is 5.45. The highest BCUT2D eigenvalue weighted by atomic mass is 32.2. The van der Waals surface area contributed by atoms with Crippen LogP contribution in [0.2, 0.25) is 0 Å². The maximum Gasteiger partial charge on any atom is 0.298 e. The molecule has 4 rings (SSSR count). The molecule has 0 radical (unpaired) electrons. The summed E-state index contributed by atoms with van der Waals surface area (Å²) >= 11 is 0. The standard InChI is InChI=1S/C18H26N4O3S/c1-15-6-7-17-16(14-15)19-18(25-17)20-8-5-11-22(13-12-20)26(23,24)21-9-3-2-4-10-21/h6-7,14H,2-5,8-13H2,1H3. The van der Waals surface area contributed by atoms with Gasteiger partial charge in [-0.25, -0.2) is 0 Å². The van der Waals surface area contributed by atoms with Crippen molar-refractivity contribution in [3.8, 4) is 0 Å². The first-order valence-electron chi connectivity index (χ1n) is 9.41. The van der Waals surface area contributed by atoms with Crippen molar-refractivity contribution in [3.05, 3.63) is 23.8 Å². The quantitative estimate of drug-likeness (QED) is 0.820. The molecule has 0 N–H and O–H groups in total. The van der Waals surface area contributed by atoms with E-state index in [1.54, 1.807) is 8.61 Å². The molecule has 2 fully saturated rings. The summed E-state index contributed by atoms with van der Waals surface area (Å²) in [6.45, 7) is 5.69. The van der Waals surface area contributed by atoms with Crippen molar-refractivity contribution in [3.63, 3.8) is 0 Å². The molecular weight excluding hydrogens is 352 g/mol. The maximum atomic E-state index is 12.9. The van der Waals surface area contributed by atoms with Gasteiger partial charge in [-0.05, 0) is 43.9 Å². The van der Waals surface area contributed by atoms with E-state index in [-0.39, 0.29) is 0 Å². The van der Waals surface area contributed by atoms with E-state index in [4.69, 9.17) is 4.42 Å².